The van der Waals surface area contributed by atoms with Gasteiger partial charge in [0, 0.05) is 23.5 Å². The Labute approximate surface area is 216 Å². The summed E-state index contributed by atoms with van der Waals surface area (Å²) in [6.45, 7) is 4.54. The van der Waals surface area contributed by atoms with Gasteiger partial charge in [0.2, 0.25) is 0 Å². The monoisotopic (exact) mass is 501 g/mol. The highest BCUT2D eigenvalue weighted by Gasteiger charge is 2.39. The van der Waals surface area contributed by atoms with E-state index < -0.39 is 11.8 Å². The average molecular weight is 502 g/mol. The van der Waals surface area contributed by atoms with Crippen molar-refractivity contribution >= 4 is 46.4 Å². The minimum absolute atomic E-state index is 0.0169. The Balaban J connectivity index is 1.53. The molecule has 3 aromatic carbocycles. The number of carbonyl (C=O) groups excluding carboxylic acids is 3. The van der Waals surface area contributed by atoms with Gasteiger partial charge in [-0.15, -0.1) is 0 Å². The molecule has 3 aromatic rings. The van der Waals surface area contributed by atoms with Crippen molar-refractivity contribution in [1.82, 2.24) is 0 Å². The molecule has 0 spiro atoms. The fourth-order valence-electron chi connectivity index (χ4n) is 4.12. The number of halogens is 1. The number of rotatable bonds is 9. The summed E-state index contributed by atoms with van der Waals surface area (Å²) >= 11 is 6.30. The second-order valence-corrected chi connectivity index (χ2v) is 8.87. The number of hydrogen-bond donors (Lipinski definition) is 1. The van der Waals surface area contributed by atoms with Crippen LogP contribution in [0.15, 0.2) is 89.6 Å². The summed E-state index contributed by atoms with van der Waals surface area (Å²) in [5, 5.41) is 2.78. The Morgan fingerprint density at radius 1 is 0.917 bits per heavy atom. The van der Waals surface area contributed by atoms with Gasteiger partial charge in [0.1, 0.15) is 10.7 Å². The molecule has 1 aliphatic rings. The summed E-state index contributed by atoms with van der Waals surface area (Å²) in [7, 11) is 0. The normalized spacial score (nSPS) is 13.4. The predicted octanol–water partition coefficient (Wildman–Crippen LogP) is 6.13. The lowest BCUT2D eigenvalue weighted by molar-refractivity contribution is -0.120. The zero-order valence-electron chi connectivity index (χ0n) is 20.3. The van der Waals surface area contributed by atoms with E-state index in [4.69, 9.17) is 11.6 Å². The standard InChI is InChI=1S/C29H28ClN3O3/c1-3-5-10-20-15-17-24(18-16-20)33-28(35)25(30)26(29(33)36)31-22-12-9-11-21(19-22)27(34)32(4-2)23-13-7-6-8-14-23/h6-9,11-19,31H,3-5,10H2,1-2H3. The van der Waals surface area contributed by atoms with E-state index in [9.17, 15) is 14.4 Å². The van der Waals surface area contributed by atoms with Gasteiger partial charge in [0.25, 0.3) is 17.7 Å². The van der Waals surface area contributed by atoms with Gasteiger partial charge in [-0.1, -0.05) is 61.3 Å². The van der Waals surface area contributed by atoms with Crippen molar-refractivity contribution in [3.05, 3.63) is 101 Å². The van der Waals surface area contributed by atoms with Crippen LogP contribution in [0.2, 0.25) is 0 Å². The molecule has 6 nitrogen and oxygen atoms in total. The number of para-hydroxylation sites is 1. The summed E-state index contributed by atoms with van der Waals surface area (Å²) in [5.41, 5.74) is 3.31. The lowest BCUT2D eigenvalue weighted by Gasteiger charge is -2.21. The lowest BCUT2D eigenvalue weighted by Crippen LogP contribution is -2.32. The summed E-state index contributed by atoms with van der Waals surface area (Å²) in [6, 6.07) is 23.6. The molecule has 0 aromatic heterocycles. The molecule has 36 heavy (non-hydrogen) atoms. The van der Waals surface area contributed by atoms with Gasteiger partial charge in [0.15, 0.2) is 0 Å². The van der Waals surface area contributed by atoms with Crippen LogP contribution in [0.5, 0.6) is 0 Å². The maximum Gasteiger partial charge on any atom is 0.283 e. The topological polar surface area (TPSA) is 69.7 Å². The van der Waals surface area contributed by atoms with Gasteiger partial charge < -0.3 is 10.2 Å². The van der Waals surface area contributed by atoms with E-state index in [-0.39, 0.29) is 16.6 Å². The van der Waals surface area contributed by atoms with Crippen LogP contribution in [0, 0.1) is 0 Å². The predicted molar refractivity (Wildman–Crippen MR) is 144 cm³/mol. The Hall–Kier alpha value is -3.90. The van der Waals surface area contributed by atoms with Crippen LogP contribution >= 0.6 is 11.6 Å². The number of benzene rings is 3. The number of hydrogen-bond acceptors (Lipinski definition) is 4. The van der Waals surface area contributed by atoms with Crippen molar-refractivity contribution in [3.63, 3.8) is 0 Å². The summed E-state index contributed by atoms with van der Waals surface area (Å²) in [6.07, 6.45) is 3.11. The van der Waals surface area contributed by atoms with E-state index in [1.54, 1.807) is 41.3 Å². The molecule has 0 bridgehead atoms. The fourth-order valence-corrected chi connectivity index (χ4v) is 4.33. The molecule has 1 aliphatic heterocycles. The van der Waals surface area contributed by atoms with Gasteiger partial charge in [-0.2, -0.15) is 0 Å². The quantitative estimate of drug-likeness (QED) is 0.358. The molecule has 7 heteroatoms. The van der Waals surface area contributed by atoms with Crippen LogP contribution in [0.4, 0.5) is 17.1 Å². The second kappa shape index (κ2) is 11.2. The molecule has 1 N–H and O–H groups in total. The van der Waals surface area contributed by atoms with E-state index in [1.807, 2.05) is 49.4 Å². The van der Waals surface area contributed by atoms with Crippen molar-refractivity contribution in [2.75, 3.05) is 21.7 Å². The zero-order valence-corrected chi connectivity index (χ0v) is 21.1. The molecule has 0 unspecified atom stereocenters. The first-order valence-corrected chi connectivity index (χ1v) is 12.4. The highest BCUT2D eigenvalue weighted by molar-refractivity contribution is 6.53. The van der Waals surface area contributed by atoms with Crippen LogP contribution in [-0.4, -0.2) is 24.3 Å². The Kier molecular flexibility index (Phi) is 7.86. The van der Waals surface area contributed by atoms with Crippen molar-refractivity contribution in [2.45, 2.75) is 33.1 Å². The zero-order chi connectivity index (χ0) is 25.7. The number of nitrogens with one attached hydrogen (secondary N) is 1. The summed E-state index contributed by atoms with van der Waals surface area (Å²) in [4.78, 5) is 42.0. The smallest absolute Gasteiger partial charge is 0.283 e. The minimum Gasteiger partial charge on any atom is -0.350 e. The molecule has 4 rings (SSSR count). The molecule has 0 saturated carbocycles. The number of anilines is 3. The minimum atomic E-state index is -0.584. The molecule has 0 saturated heterocycles. The first-order valence-electron chi connectivity index (χ1n) is 12.1. The molecule has 0 radical (unpaired) electrons. The first-order chi connectivity index (χ1) is 17.4. The number of unbranched alkanes of at least 4 members (excludes halogenated alkanes) is 1. The Morgan fingerprint density at radius 2 is 1.64 bits per heavy atom. The number of amides is 3. The van der Waals surface area contributed by atoms with E-state index in [1.165, 1.54) is 0 Å². The lowest BCUT2D eigenvalue weighted by atomic mass is 10.1. The molecule has 0 fully saturated rings. The molecular formula is C29H28ClN3O3. The van der Waals surface area contributed by atoms with Gasteiger partial charge in [-0.25, -0.2) is 4.90 Å². The molecule has 0 atom stereocenters. The van der Waals surface area contributed by atoms with Crippen molar-refractivity contribution in [3.8, 4) is 0 Å². The highest BCUT2D eigenvalue weighted by Crippen LogP contribution is 2.31. The maximum absolute atomic E-state index is 13.2. The van der Waals surface area contributed by atoms with E-state index in [2.05, 4.69) is 12.2 Å². The molecule has 3 amide bonds. The van der Waals surface area contributed by atoms with Gasteiger partial charge in [-0.3, -0.25) is 14.4 Å². The van der Waals surface area contributed by atoms with E-state index in [0.717, 1.165) is 35.4 Å². The van der Waals surface area contributed by atoms with Crippen molar-refractivity contribution < 1.29 is 14.4 Å². The van der Waals surface area contributed by atoms with Crippen LogP contribution in [0.25, 0.3) is 0 Å². The fraction of sp³-hybridized carbons (Fsp3) is 0.207. The van der Waals surface area contributed by atoms with Gasteiger partial charge >= 0.3 is 0 Å². The van der Waals surface area contributed by atoms with Crippen molar-refractivity contribution in [2.24, 2.45) is 0 Å². The highest BCUT2D eigenvalue weighted by atomic mass is 35.5. The second-order valence-electron chi connectivity index (χ2n) is 8.50. The molecule has 184 valence electrons. The summed E-state index contributed by atoms with van der Waals surface area (Å²) in [5.74, 6) is -1.30. The summed E-state index contributed by atoms with van der Waals surface area (Å²) < 4.78 is 0. The molecular weight excluding hydrogens is 474 g/mol. The number of carbonyl (C=O) groups is 3. The van der Waals surface area contributed by atoms with Crippen LogP contribution in [-0.2, 0) is 16.0 Å². The third kappa shape index (κ3) is 5.19. The number of aryl methyl sites for hydroxylation is 1. The van der Waals surface area contributed by atoms with Gasteiger partial charge in [0.05, 0.1) is 5.69 Å². The van der Waals surface area contributed by atoms with E-state index >= 15 is 0 Å². The van der Waals surface area contributed by atoms with E-state index in [0.29, 0.717) is 23.5 Å². The third-order valence-electron chi connectivity index (χ3n) is 6.05. The average Bonchev–Trinajstić information content (AvgIpc) is 3.12. The molecule has 1 heterocycles. The van der Waals surface area contributed by atoms with Crippen LogP contribution < -0.4 is 15.1 Å². The Morgan fingerprint density at radius 3 is 2.31 bits per heavy atom. The molecule has 0 aliphatic carbocycles. The first kappa shape index (κ1) is 25.2. The van der Waals surface area contributed by atoms with Crippen LogP contribution in [0.1, 0.15) is 42.6 Å². The number of nitrogens with zero attached hydrogens (tertiary/aromatic N) is 2. The van der Waals surface area contributed by atoms with Gasteiger partial charge in [-0.05, 0) is 67.8 Å². The maximum atomic E-state index is 13.2. The Bertz CT molecular complexity index is 1300. The largest absolute Gasteiger partial charge is 0.350 e. The SMILES string of the molecule is CCCCc1ccc(N2C(=O)C(Cl)=C(Nc3cccc(C(=O)N(CC)c4ccccc4)c3)C2=O)cc1. The van der Waals surface area contributed by atoms with Crippen LogP contribution in [0.3, 0.4) is 0 Å². The number of imide groups is 1. The third-order valence-corrected chi connectivity index (χ3v) is 6.40. The van der Waals surface area contributed by atoms with Crippen molar-refractivity contribution in [1.29, 1.82) is 0 Å².